The third-order valence-corrected chi connectivity index (χ3v) is 11.7. The fraction of sp³-hybridized carbons (Fsp3) is 0.452. The SMILES string of the molecule is Cn1cc(-c2ccc(CN3CCC(CCC4CCN(c5ccc(NC6CCC(=O)NC6=O)cc5C(F)(F)F)CC4)CC3)c(OC(F)(F)F)c2)c2cc(F)ccc2c1=O. The molecule has 1 atom stereocenters. The van der Waals surface area contributed by atoms with Crippen molar-refractivity contribution in [3.63, 3.8) is 0 Å². The van der Waals surface area contributed by atoms with Crippen LogP contribution >= 0.6 is 0 Å². The van der Waals surface area contributed by atoms with Crippen LogP contribution in [0.25, 0.3) is 21.9 Å². The Morgan fingerprint density at radius 3 is 2.16 bits per heavy atom. The fourth-order valence-electron chi connectivity index (χ4n) is 8.51. The summed E-state index contributed by atoms with van der Waals surface area (Å²) in [6, 6.07) is 11.4. The molecule has 0 radical (unpaired) electrons. The summed E-state index contributed by atoms with van der Waals surface area (Å²) in [5.41, 5.74) is 0.200. The highest BCUT2D eigenvalue weighted by atomic mass is 19.4. The van der Waals surface area contributed by atoms with Crippen LogP contribution in [0.4, 0.5) is 42.1 Å². The first-order valence-electron chi connectivity index (χ1n) is 19.5. The average molecular weight is 816 g/mol. The number of anilines is 2. The van der Waals surface area contributed by atoms with Gasteiger partial charge in [-0.1, -0.05) is 25.0 Å². The molecule has 3 aliphatic heterocycles. The Bertz CT molecular complexity index is 2220. The summed E-state index contributed by atoms with van der Waals surface area (Å²) in [7, 11) is 1.52. The molecular formula is C42H44F7N5O4. The van der Waals surface area contributed by atoms with E-state index in [0.717, 1.165) is 50.7 Å². The van der Waals surface area contributed by atoms with E-state index in [1.807, 2.05) is 0 Å². The van der Waals surface area contributed by atoms with Crippen LogP contribution < -0.4 is 25.8 Å². The van der Waals surface area contributed by atoms with Crippen LogP contribution in [0.1, 0.15) is 62.5 Å². The largest absolute Gasteiger partial charge is 0.573 e. The van der Waals surface area contributed by atoms with Crippen LogP contribution in [-0.4, -0.2) is 59.9 Å². The molecule has 0 bridgehead atoms. The number of nitrogens with one attached hydrogen (secondary N) is 2. The van der Waals surface area contributed by atoms with Gasteiger partial charge in [-0.25, -0.2) is 4.39 Å². The topological polar surface area (TPSA) is 95.9 Å². The summed E-state index contributed by atoms with van der Waals surface area (Å²) in [6.07, 6.45) is -2.69. The maximum atomic E-state index is 14.2. The van der Waals surface area contributed by atoms with Gasteiger partial charge < -0.3 is 19.5 Å². The van der Waals surface area contributed by atoms with Crippen LogP contribution in [0.2, 0.25) is 0 Å². The molecule has 3 fully saturated rings. The van der Waals surface area contributed by atoms with E-state index >= 15 is 0 Å². The molecule has 9 nitrogen and oxygen atoms in total. The van der Waals surface area contributed by atoms with Gasteiger partial charge in [0.15, 0.2) is 0 Å². The number of pyridine rings is 1. The van der Waals surface area contributed by atoms with E-state index in [9.17, 15) is 45.1 Å². The number of aromatic nitrogens is 1. The Hall–Kier alpha value is -5.12. The van der Waals surface area contributed by atoms with E-state index in [1.54, 1.807) is 17.0 Å². The van der Waals surface area contributed by atoms with Crippen molar-refractivity contribution in [3.8, 4) is 16.9 Å². The van der Waals surface area contributed by atoms with E-state index in [-0.39, 0.29) is 52.8 Å². The van der Waals surface area contributed by atoms with E-state index < -0.39 is 41.8 Å². The van der Waals surface area contributed by atoms with E-state index in [1.165, 1.54) is 48.1 Å². The number of fused-ring (bicyclic) bond motifs is 1. The normalized spacial score (nSPS) is 19.1. The molecule has 0 aliphatic carbocycles. The zero-order valence-corrected chi connectivity index (χ0v) is 31.8. The van der Waals surface area contributed by atoms with Crippen molar-refractivity contribution in [3.05, 3.63) is 88.1 Å². The standard InChI is InChI=1S/C42H44F7N5O4/c1-52-24-33(32-21-29(43)6-8-31(32)40(52)57)27-4-5-28(37(20-27)58-42(47,48)49)23-53-16-12-25(13-17-53)2-3-26-14-18-54(19-15-26)36-10-7-30(22-34(36)41(44,45)46)50-35-9-11-38(55)51-39(35)56/h4-8,10,20-22,24-26,35,50H,2-3,9,11-19,23H2,1H3,(H,51,55,56). The van der Waals surface area contributed by atoms with Gasteiger partial charge in [0.25, 0.3) is 5.56 Å². The number of piperidine rings is 3. The Labute approximate surface area is 330 Å². The fourth-order valence-corrected chi connectivity index (χ4v) is 8.51. The number of imide groups is 1. The number of carbonyl (C=O) groups excluding carboxylic acids is 2. The molecule has 58 heavy (non-hydrogen) atoms. The molecular weight excluding hydrogens is 771 g/mol. The molecule has 1 aromatic heterocycles. The van der Waals surface area contributed by atoms with E-state index in [0.29, 0.717) is 54.7 Å². The zero-order chi connectivity index (χ0) is 41.4. The number of rotatable bonds is 10. The summed E-state index contributed by atoms with van der Waals surface area (Å²) in [5, 5.41) is 5.56. The second kappa shape index (κ2) is 16.6. The monoisotopic (exact) mass is 815 g/mol. The summed E-state index contributed by atoms with van der Waals surface area (Å²) in [5.74, 6) is -1.13. The first-order valence-corrected chi connectivity index (χ1v) is 19.5. The number of benzene rings is 3. The van der Waals surface area contributed by atoms with Gasteiger partial charge in [0, 0.05) is 67.2 Å². The van der Waals surface area contributed by atoms with Gasteiger partial charge in [0.1, 0.15) is 17.6 Å². The van der Waals surface area contributed by atoms with Crippen molar-refractivity contribution in [2.45, 2.75) is 76.5 Å². The minimum atomic E-state index is -4.95. The highest BCUT2D eigenvalue weighted by Crippen LogP contribution is 2.41. The number of likely N-dealkylation sites (tertiary alicyclic amines) is 1. The molecule has 3 aliphatic rings. The van der Waals surface area contributed by atoms with Crippen molar-refractivity contribution in [1.29, 1.82) is 0 Å². The van der Waals surface area contributed by atoms with Gasteiger partial charge in [-0.3, -0.25) is 24.6 Å². The third-order valence-electron chi connectivity index (χ3n) is 11.7. The van der Waals surface area contributed by atoms with Crippen LogP contribution in [-0.2, 0) is 29.4 Å². The number of carbonyl (C=O) groups is 2. The second-order valence-corrected chi connectivity index (χ2v) is 15.6. The predicted molar refractivity (Wildman–Crippen MR) is 205 cm³/mol. The number of ether oxygens (including phenoxy) is 1. The molecule has 4 heterocycles. The summed E-state index contributed by atoms with van der Waals surface area (Å²) < 4.78 is 104. The predicted octanol–water partition coefficient (Wildman–Crippen LogP) is 8.39. The van der Waals surface area contributed by atoms with E-state index in [2.05, 4.69) is 20.3 Å². The lowest BCUT2D eigenvalue weighted by molar-refractivity contribution is -0.275. The lowest BCUT2D eigenvalue weighted by Gasteiger charge is -2.36. The quantitative estimate of drug-likeness (QED) is 0.123. The minimum absolute atomic E-state index is 0.0986. The van der Waals surface area contributed by atoms with E-state index in [4.69, 9.17) is 0 Å². The number of hydrogen-bond acceptors (Lipinski definition) is 7. The lowest BCUT2D eigenvalue weighted by Crippen LogP contribution is -2.47. The Morgan fingerprint density at radius 2 is 1.50 bits per heavy atom. The van der Waals surface area contributed by atoms with Crippen molar-refractivity contribution >= 4 is 34.0 Å². The number of aryl methyl sites for hydroxylation is 1. The van der Waals surface area contributed by atoms with Crippen molar-refractivity contribution in [1.82, 2.24) is 14.8 Å². The Balaban J connectivity index is 0.929. The lowest BCUT2D eigenvalue weighted by atomic mass is 9.85. The summed E-state index contributed by atoms with van der Waals surface area (Å²) in [6.45, 7) is 2.53. The molecule has 7 rings (SSSR count). The molecule has 0 spiro atoms. The highest BCUT2D eigenvalue weighted by Gasteiger charge is 2.37. The smallest absolute Gasteiger partial charge is 0.405 e. The van der Waals surface area contributed by atoms with Gasteiger partial charge in [0.05, 0.1) is 5.56 Å². The van der Waals surface area contributed by atoms with Gasteiger partial charge in [-0.05, 0) is 110 Å². The maximum absolute atomic E-state index is 14.2. The molecule has 16 heteroatoms. The van der Waals surface area contributed by atoms with Crippen molar-refractivity contribution in [2.75, 3.05) is 36.4 Å². The van der Waals surface area contributed by atoms with Crippen LogP contribution in [0.15, 0.2) is 65.6 Å². The number of amides is 2. The van der Waals surface area contributed by atoms with Gasteiger partial charge >= 0.3 is 12.5 Å². The summed E-state index contributed by atoms with van der Waals surface area (Å²) >= 11 is 0. The molecule has 2 N–H and O–H groups in total. The number of nitrogens with zero attached hydrogens (tertiary/aromatic N) is 3. The van der Waals surface area contributed by atoms with Gasteiger partial charge in [0.2, 0.25) is 11.8 Å². The van der Waals surface area contributed by atoms with Gasteiger partial charge in [-0.2, -0.15) is 13.2 Å². The third kappa shape index (κ3) is 9.59. The van der Waals surface area contributed by atoms with Crippen LogP contribution in [0, 0.1) is 17.7 Å². The molecule has 3 aromatic carbocycles. The summed E-state index contributed by atoms with van der Waals surface area (Å²) in [4.78, 5) is 40.1. The van der Waals surface area contributed by atoms with Crippen LogP contribution in [0.5, 0.6) is 5.75 Å². The Morgan fingerprint density at radius 1 is 0.810 bits per heavy atom. The molecule has 0 saturated carbocycles. The first kappa shape index (κ1) is 41.1. The number of hydrogen-bond donors (Lipinski definition) is 2. The molecule has 3 saturated heterocycles. The molecule has 1 unspecified atom stereocenters. The molecule has 310 valence electrons. The highest BCUT2D eigenvalue weighted by molar-refractivity contribution is 6.01. The number of alkyl halides is 6. The minimum Gasteiger partial charge on any atom is -0.405 e. The Kier molecular flexibility index (Phi) is 11.8. The second-order valence-electron chi connectivity index (χ2n) is 15.6. The van der Waals surface area contributed by atoms with Crippen LogP contribution in [0.3, 0.4) is 0 Å². The van der Waals surface area contributed by atoms with Crippen molar-refractivity contribution < 1.29 is 45.1 Å². The molecule has 4 aromatic rings. The zero-order valence-electron chi connectivity index (χ0n) is 31.8. The maximum Gasteiger partial charge on any atom is 0.573 e. The number of halogens is 7. The van der Waals surface area contributed by atoms with Crippen molar-refractivity contribution in [2.24, 2.45) is 18.9 Å². The first-order chi connectivity index (χ1) is 27.5. The molecule has 2 amide bonds. The average Bonchev–Trinajstić information content (AvgIpc) is 3.17. The van der Waals surface area contributed by atoms with Gasteiger partial charge in [-0.15, -0.1) is 13.2 Å².